The standard InChI is InChI=1S/C50H35NO2/c1-2-15-34-31-48-42(30-33(34)14-1)49-40(23-11-27-46(49)53-48)39-20-5-7-24-43(39)51(44-25-12-28-47-50(44)41-21-6-8-26-45(41)52-47)36-18-9-17-35(29-36)38-22-10-16-32-13-3-4-19-37(32)38/h1-2,4-12,14-21,23-31,38H,3,13,22H2. The zero-order valence-electron chi connectivity index (χ0n) is 29.1. The first-order chi connectivity index (χ1) is 26.3. The van der Waals surface area contributed by atoms with Gasteiger partial charge in [-0.3, -0.25) is 0 Å². The second-order valence-electron chi connectivity index (χ2n) is 14.3. The Kier molecular flexibility index (Phi) is 6.81. The maximum absolute atomic E-state index is 6.57. The molecule has 0 saturated carbocycles. The number of nitrogens with zero attached hydrogens (tertiary/aromatic N) is 1. The molecular formula is C50H35NO2. The van der Waals surface area contributed by atoms with Gasteiger partial charge in [0.1, 0.15) is 22.3 Å². The summed E-state index contributed by atoms with van der Waals surface area (Å²) in [6.45, 7) is 0. The van der Waals surface area contributed by atoms with Crippen LogP contribution in [-0.4, -0.2) is 0 Å². The normalized spacial score (nSPS) is 15.7. The molecule has 0 saturated heterocycles. The van der Waals surface area contributed by atoms with E-state index < -0.39 is 0 Å². The largest absolute Gasteiger partial charge is 0.456 e. The van der Waals surface area contributed by atoms with Crippen molar-refractivity contribution in [2.45, 2.75) is 25.2 Å². The number of furan rings is 2. The Morgan fingerprint density at radius 1 is 0.509 bits per heavy atom. The summed E-state index contributed by atoms with van der Waals surface area (Å²) in [5.74, 6) is 0.315. The van der Waals surface area contributed by atoms with E-state index in [1.807, 2.05) is 6.07 Å². The van der Waals surface area contributed by atoms with Crippen molar-refractivity contribution in [2.75, 3.05) is 4.90 Å². The highest BCUT2D eigenvalue weighted by Gasteiger charge is 2.26. The van der Waals surface area contributed by atoms with Crippen molar-refractivity contribution < 1.29 is 8.83 Å². The molecule has 1 unspecified atom stereocenters. The highest BCUT2D eigenvalue weighted by molar-refractivity contribution is 6.18. The molecule has 252 valence electrons. The predicted molar refractivity (Wildman–Crippen MR) is 221 cm³/mol. The van der Waals surface area contributed by atoms with Crippen LogP contribution in [0.4, 0.5) is 17.1 Å². The van der Waals surface area contributed by atoms with E-state index in [0.717, 1.165) is 91.3 Å². The maximum atomic E-state index is 6.57. The lowest BCUT2D eigenvalue weighted by Crippen LogP contribution is -2.13. The van der Waals surface area contributed by atoms with E-state index in [0.29, 0.717) is 5.92 Å². The fourth-order valence-corrected chi connectivity index (χ4v) is 8.87. The van der Waals surface area contributed by atoms with Gasteiger partial charge in [0.25, 0.3) is 0 Å². The van der Waals surface area contributed by atoms with Gasteiger partial charge in [-0.05, 0) is 107 Å². The molecule has 2 aromatic heterocycles. The SMILES string of the molecule is C1=CC2=C(C=CCC2c2cccc(N(c3ccccc3-c3cccc4oc5cc6ccccc6cc5c34)c3cccc4oc5ccccc5c34)c2)CC1. The molecular weight excluding hydrogens is 647 g/mol. The summed E-state index contributed by atoms with van der Waals surface area (Å²) < 4.78 is 13.1. The molecule has 0 N–H and O–H groups in total. The van der Waals surface area contributed by atoms with Crippen molar-refractivity contribution in [3.05, 3.63) is 187 Å². The lowest BCUT2D eigenvalue weighted by atomic mass is 9.79. The van der Waals surface area contributed by atoms with E-state index in [-0.39, 0.29) is 0 Å². The van der Waals surface area contributed by atoms with Gasteiger partial charge in [0.05, 0.1) is 16.8 Å². The molecule has 0 spiro atoms. The molecule has 9 aromatic rings. The zero-order chi connectivity index (χ0) is 34.9. The van der Waals surface area contributed by atoms with Crippen molar-refractivity contribution in [1.29, 1.82) is 0 Å². The third-order valence-electron chi connectivity index (χ3n) is 11.3. The molecule has 1 atom stereocenters. The molecule has 11 rings (SSSR count). The summed E-state index contributed by atoms with van der Waals surface area (Å²) in [6.07, 6.45) is 12.6. The van der Waals surface area contributed by atoms with E-state index in [4.69, 9.17) is 8.83 Å². The number of anilines is 3. The Balaban J connectivity index is 1.17. The fraction of sp³-hybridized carbons (Fsp3) is 0.0800. The zero-order valence-corrected chi connectivity index (χ0v) is 29.1. The smallest absolute Gasteiger partial charge is 0.137 e. The number of fused-ring (bicyclic) bond motifs is 7. The van der Waals surface area contributed by atoms with Gasteiger partial charge >= 0.3 is 0 Å². The Hall–Kier alpha value is -6.58. The molecule has 0 aliphatic heterocycles. The number of para-hydroxylation sites is 2. The molecule has 7 aromatic carbocycles. The van der Waals surface area contributed by atoms with Crippen LogP contribution < -0.4 is 4.90 Å². The van der Waals surface area contributed by atoms with Crippen LogP contribution in [0.1, 0.15) is 30.7 Å². The summed E-state index contributed by atoms with van der Waals surface area (Å²) >= 11 is 0. The number of allylic oxidation sites excluding steroid dienone is 6. The average Bonchev–Trinajstić information content (AvgIpc) is 3.78. The monoisotopic (exact) mass is 681 g/mol. The van der Waals surface area contributed by atoms with E-state index in [2.05, 4.69) is 169 Å². The summed E-state index contributed by atoms with van der Waals surface area (Å²) in [5.41, 5.74) is 13.3. The summed E-state index contributed by atoms with van der Waals surface area (Å²) in [6, 6.07) is 52.2. The molecule has 2 heterocycles. The van der Waals surface area contributed by atoms with Crippen LogP contribution in [0.3, 0.4) is 0 Å². The van der Waals surface area contributed by atoms with Gasteiger partial charge < -0.3 is 13.7 Å². The van der Waals surface area contributed by atoms with Gasteiger partial charge in [-0.1, -0.05) is 115 Å². The molecule has 3 nitrogen and oxygen atoms in total. The minimum absolute atomic E-state index is 0.315. The first-order valence-electron chi connectivity index (χ1n) is 18.6. The van der Waals surface area contributed by atoms with Crippen LogP contribution in [0.15, 0.2) is 190 Å². The molecule has 0 amide bonds. The average molecular weight is 682 g/mol. The van der Waals surface area contributed by atoms with Crippen molar-refractivity contribution in [1.82, 2.24) is 0 Å². The van der Waals surface area contributed by atoms with Gasteiger partial charge in [-0.2, -0.15) is 0 Å². The second-order valence-corrected chi connectivity index (χ2v) is 14.3. The van der Waals surface area contributed by atoms with Gasteiger partial charge in [-0.15, -0.1) is 0 Å². The third-order valence-corrected chi connectivity index (χ3v) is 11.3. The van der Waals surface area contributed by atoms with Gasteiger partial charge in [0.2, 0.25) is 0 Å². The minimum Gasteiger partial charge on any atom is -0.456 e. The highest BCUT2D eigenvalue weighted by atomic mass is 16.3. The summed E-state index contributed by atoms with van der Waals surface area (Å²) in [4.78, 5) is 2.45. The molecule has 2 aliphatic rings. The summed E-state index contributed by atoms with van der Waals surface area (Å²) in [5, 5.41) is 6.82. The van der Waals surface area contributed by atoms with Crippen LogP contribution in [0, 0.1) is 0 Å². The summed E-state index contributed by atoms with van der Waals surface area (Å²) in [7, 11) is 0. The van der Waals surface area contributed by atoms with Crippen LogP contribution in [0.5, 0.6) is 0 Å². The van der Waals surface area contributed by atoms with E-state index >= 15 is 0 Å². The highest BCUT2D eigenvalue weighted by Crippen LogP contribution is 2.49. The van der Waals surface area contributed by atoms with E-state index in [1.54, 1.807) is 0 Å². The van der Waals surface area contributed by atoms with Crippen molar-refractivity contribution in [3.8, 4) is 11.1 Å². The first-order valence-corrected chi connectivity index (χ1v) is 18.6. The number of rotatable bonds is 5. The third kappa shape index (κ3) is 4.81. The maximum Gasteiger partial charge on any atom is 0.137 e. The Labute approximate surface area is 307 Å². The van der Waals surface area contributed by atoms with Gasteiger partial charge in [-0.25, -0.2) is 0 Å². The number of hydrogen-bond acceptors (Lipinski definition) is 3. The van der Waals surface area contributed by atoms with Crippen LogP contribution in [0.2, 0.25) is 0 Å². The predicted octanol–water partition coefficient (Wildman–Crippen LogP) is 14.5. The minimum atomic E-state index is 0.315. The van der Waals surface area contributed by atoms with Crippen LogP contribution >= 0.6 is 0 Å². The first kappa shape index (κ1) is 30.1. The lowest BCUT2D eigenvalue weighted by Gasteiger charge is -2.30. The Bertz CT molecular complexity index is 3010. The molecule has 53 heavy (non-hydrogen) atoms. The van der Waals surface area contributed by atoms with Gasteiger partial charge in [0.15, 0.2) is 0 Å². The molecule has 0 fully saturated rings. The topological polar surface area (TPSA) is 29.5 Å². The molecule has 0 radical (unpaired) electrons. The molecule has 0 bridgehead atoms. The Morgan fingerprint density at radius 3 is 2.17 bits per heavy atom. The van der Waals surface area contributed by atoms with Gasteiger partial charge in [0, 0.05) is 33.3 Å². The quantitative estimate of drug-likeness (QED) is 0.181. The van der Waals surface area contributed by atoms with Crippen LogP contribution in [-0.2, 0) is 0 Å². The van der Waals surface area contributed by atoms with E-state index in [9.17, 15) is 0 Å². The van der Waals surface area contributed by atoms with Crippen molar-refractivity contribution >= 4 is 71.7 Å². The van der Waals surface area contributed by atoms with E-state index in [1.165, 1.54) is 27.5 Å². The fourth-order valence-electron chi connectivity index (χ4n) is 8.87. The van der Waals surface area contributed by atoms with Crippen molar-refractivity contribution in [3.63, 3.8) is 0 Å². The van der Waals surface area contributed by atoms with Crippen LogP contribution in [0.25, 0.3) is 65.8 Å². The molecule has 3 heteroatoms. The number of hydrogen-bond donors (Lipinski definition) is 0. The second kappa shape index (κ2) is 12.0. The Morgan fingerprint density at radius 2 is 1.23 bits per heavy atom. The number of benzene rings is 7. The lowest BCUT2D eigenvalue weighted by molar-refractivity contribution is 0.669. The molecule has 2 aliphatic carbocycles. The van der Waals surface area contributed by atoms with Crippen molar-refractivity contribution in [2.24, 2.45) is 0 Å².